The van der Waals surface area contributed by atoms with Crippen molar-refractivity contribution in [2.45, 2.75) is 6.42 Å². The Morgan fingerprint density at radius 1 is 1.38 bits per heavy atom. The van der Waals surface area contributed by atoms with Crippen molar-refractivity contribution in [2.24, 2.45) is 0 Å². The Balaban J connectivity index is 2.41. The fourth-order valence-corrected chi connectivity index (χ4v) is 1.44. The predicted octanol–water partition coefficient (Wildman–Crippen LogP) is 1.96. The zero-order valence-electron chi connectivity index (χ0n) is 7.12. The first-order valence-electron chi connectivity index (χ1n) is 4.18. The minimum atomic E-state index is 0.348. The van der Waals surface area contributed by atoms with E-state index in [1.165, 1.54) is 0 Å². The highest BCUT2D eigenvalue weighted by Gasteiger charge is 2.11. The van der Waals surface area contributed by atoms with Crippen molar-refractivity contribution in [1.29, 1.82) is 0 Å². The standard InChI is InChI=1S/C11H9O2/c12-7-5-9-6-8-13-11-4-2-1-3-10(9)11/h1-4,6H,5,8H2. The van der Waals surface area contributed by atoms with E-state index in [0.29, 0.717) is 13.0 Å². The average Bonchev–Trinajstić information content (AvgIpc) is 2.19. The number of allylic oxidation sites excluding steroid dienone is 1. The average molecular weight is 173 g/mol. The summed E-state index contributed by atoms with van der Waals surface area (Å²) in [5, 5.41) is 0. The fraction of sp³-hybridized carbons (Fsp3) is 0.182. The number of hydrogen-bond donors (Lipinski definition) is 0. The van der Waals surface area contributed by atoms with Gasteiger partial charge in [0.2, 0.25) is 6.29 Å². The molecule has 1 radical (unpaired) electrons. The molecule has 1 heterocycles. The second kappa shape index (κ2) is 3.44. The highest BCUT2D eigenvalue weighted by molar-refractivity contribution is 5.80. The van der Waals surface area contributed by atoms with Gasteiger partial charge >= 0.3 is 0 Å². The molecule has 2 heteroatoms. The summed E-state index contributed by atoms with van der Waals surface area (Å²) in [5.41, 5.74) is 2.02. The molecule has 2 rings (SSSR count). The van der Waals surface area contributed by atoms with Gasteiger partial charge in [0, 0.05) is 12.0 Å². The summed E-state index contributed by atoms with van der Waals surface area (Å²) < 4.78 is 5.39. The SMILES string of the molecule is O=[C]CC1=CCOc2ccccc21. The number of para-hydroxylation sites is 1. The summed E-state index contributed by atoms with van der Waals surface area (Å²) >= 11 is 0. The lowest BCUT2D eigenvalue weighted by Gasteiger charge is -2.16. The molecular formula is C11H9O2. The Morgan fingerprint density at radius 3 is 3.08 bits per heavy atom. The maximum Gasteiger partial charge on any atom is 0.203 e. The lowest BCUT2D eigenvalue weighted by Crippen LogP contribution is -2.04. The largest absolute Gasteiger partial charge is 0.489 e. The highest BCUT2D eigenvalue weighted by Crippen LogP contribution is 2.30. The first kappa shape index (κ1) is 8.05. The molecule has 0 saturated heterocycles. The minimum Gasteiger partial charge on any atom is -0.489 e. The normalized spacial score (nSPS) is 14.0. The zero-order valence-corrected chi connectivity index (χ0v) is 7.12. The molecule has 0 aromatic heterocycles. The van der Waals surface area contributed by atoms with Crippen LogP contribution in [0.25, 0.3) is 5.57 Å². The molecule has 2 nitrogen and oxygen atoms in total. The van der Waals surface area contributed by atoms with Gasteiger partial charge in [-0.2, -0.15) is 0 Å². The summed E-state index contributed by atoms with van der Waals surface area (Å²) in [5.74, 6) is 0.857. The maximum atomic E-state index is 10.3. The van der Waals surface area contributed by atoms with Crippen LogP contribution < -0.4 is 4.74 Å². The second-order valence-electron chi connectivity index (χ2n) is 2.86. The second-order valence-corrected chi connectivity index (χ2v) is 2.86. The van der Waals surface area contributed by atoms with Crippen LogP contribution in [0.1, 0.15) is 12.0 Å². The van der Waals surface area contributed by atoms with Crippen LogP contribution in [0.5, 0.6) is 5.75 Å². The van der Waals surface area contributed by atoms with Gasteiger partial charge in [-0.1, -0.05) is 18.2 Å². The van der Waals surface area contributed by atoms with Gasteiger partial charge in [-0.25, -0.2) is 0 Å². The van der Waals surface area contributed by atoms with Gasteiger partial charge in [0.15, 0.2) is 0 Å². The molecule has 0 aliphatic carbocycles. The van der Waals surface area contributed by atoms with E-state index >= 15 is 0 Å². The Kier molecular flexibility index (Phi) is 2.13. The summed E-state index contributed by atoms with van der Waals surface area (Å²) in [4.78, 5) is 10.3. The number of ether oxygens (including phenoxy) is 1. The van der Waals surface area contributed by atoms with Crippen LogP contribution in [0.4, 0.5) is 0 Å². The van der Waals surface area contributed by atoms with Crippen molar-refractivity contribution in [3.05, 3.63) is 35.9 Å². The van der Waals surface area contributed by atoms with E-state index in [1.54, 1.807) is 0 Å². The van der Waals surface area contributed by atoms with Crippen LogP contribution in [0.2, 0.25) is 0 Å². The summed E-state index contributed by atoms with van der Waals surface area (Å²) in [7, 11) is 0. The van der Waals surface area contributed by atoms with E-state index in [-0.39, 0.29) is 0 Å². The molecule has 0 saturated carbocycles. The molecule has 0 bridgehead atoms. The summed E-state index contributed by atoms with van der Waals surface area (Å²) in [6, 6.07) is 7.73. The Morgan fingerprint density at radius 2 is 2.23 bits per heavy atom. The van der Waals surface area contributed by atoms with Gasteiger partial charge in [-0.05, 0) is 17.7 Å². The molecule has 0 spiro atoms. The molecule has 0 atom stereocenters. The van der Waals surface area contributed by atoms with E-state index in [9.17, 15) is 4.79 Å². The van der Waals surface area contributed by atoms with E-state index in [4.69, 9.17) is 4.74 Å². The van der Waals surface area contributed by atoms with Crippen LogP contribution in [-0.4, -0.2) is 12.9 Å². The molecule has 1 aliphatic rings. The predicted molar refractivity (Wildman–Crippen MR) is 50.2 cm³/mol. The summed E-state index contributed by atoms with van der Waals surface area (Å²) in [6.07, 6.45) is 4.18. The maximum absolute atomic E-state index is 10.3. The Bertz CT molecular complexity index is 353. The Labute approximate surface area is 76.8 Å². The molecule has 65 valence electrons. The molecule has 0 fully saturated rings. The molecule has 1 aromatic carbocycles. The third-order valence-electron chi connectivity index (χ3n) is 2.06. The van der Waals surface area contributed by atoms with E-state index in [1.807, 2.05) is 36.6 Å². The quantitative estimate of drug-likeness (QED) is 0.683. The number of hydrogen-bond acceptors (Lipinski definition) is 2. The molecule has 0 N–H and O–H groups in total. The summed E-state index contributed by atoms with van der Waals surface area (Å²) in [6.45, 7) is 0.550. The van der Waals surface area contributed by atoms with Gasteiger partial charge in [-0.15, -0.1) is 0 Å². The monoisotopic (exact) mass is 173 g/mol. The smallest absolute Gasteiger partial charge is 0.203 e. The number of rotatable bonds is 2. The number of carbonyl (C=O) groups excluding carboxylic acids is 1. The van der Waals surface area contributed by atoms with E-state index in [2.05, 4.69) is 0 Å². The third kappa shape index (κ3) is 1.47. The van der Waals surface area contributed by atoms with E-state index in [0.717, 1.165) is 16.9 Å². The zero-order chi connectivity index (χ0) is 9.10. The molecule has 0 unspecified atom stereocenters. The van der Waals surface area contributed by atoms with Crippen LogP contribution >= 0.6 is 0 Å². The number of fused-ring (bicyclic) bond motifs is 1. The third-order valence-corrected chi connectivity index (χ3v) is 2.06. The molecule has 1 aromatic rings. The van der Waals surface area contributed by atoms with Crippen LogP contribution in [-0.2, 0) is 4.79 Å². The van der Waals surface area contributed by atoms with Gasteiger partial charge in [-0.3, -0.25) is 4.79 Å². The molecule has 1 aliphatic heterocycles. The van der Waals surface area contributed by atoms with Crippen LogP contribution in [0.15, 0.2) is 30.3 Å². The lowest BCUT2D eigenvalue weighted by molar-refractivity contribution is 0.357. The van der Waals surface area contributed by atoms with Crippen molar-refractivity contribution >= 4 is 11.9 Å². The first-order valence-corrected chi connectivity index (χ1v) is 4.18. The van der Waals surface area contributed by atoms with Crippen LogP contribution in [0.3, 0.4) is 0 Å². The molecule has 0 amide bonds. The minimum absolute atomic E-state index is 0.348. The van der Waals surface area contributed by atoms with Gasteiger partial charge < -0.3 is 4.74 Å². The topological polar surface area (TPSA) is 26.3 Å². The van der Waals surface area contributed by atoms with Crippen molar-refractivity contribution in [3.63, 3.8) is 0 Å². The number of benzene rings is 1. The van der Waals surface area contributed by atoms with Gasteiger partial charge in [0.1, 0.15) is 12.4 Å². The molecule has 13 heavy (non-hydrogen) atoms. The lowest BCUT2D eigenvalue weighted by atomic mass is 10.0. The van der Waals surface area contributed by atoms with Crippen molar-refractivity contribution < 1.29 is 9.53 Å². The fourth-order valence-electron chi connectivity index (χ4n) is 1.44. The molecular weight excluding hydrogens is 164 g/mol. The van der Waals surface area contributed by atoms with Crippen molar-refractivity contribution in [3.8, 4) is 5.75 Å². The first-order chi connectivity index (χ1) is 6.42. The van der Waals surface area contributed by atoms with Crippen molar-refractivity contribution in [1.82, 2.24) is 0 Å². The Hall–Kier alpha value is -1.57. The van der Waals surface area contributed by atoms with Crippen LogP contribution in [0, 0.1) is 0 Å². The highest BCUT2D eigenvalue weighted by atomic mass is 16.5. The van der Waals surface area contributed by atoms with E-state index < -0.39 is 0 Å². The van der Waals surface area contributed by atoms with Gasteiger partial charge in [0.05, 0.1) is 0 Å². The van der Waals surface area contributed by atoms with Gasteiger partial charge in [0.25, 0.3) is 0 Å². The van der Waals surface area contributed by atoms with Crippen molar-refractivity contribution in [2.75, 3.05) is 6.61 Å².